The maximum absolute atomic E-state index is 11.1. The molecule has 3 N–H and O–H groups in total. The number of oxazole rings is 1. The molecule has 0 aliphatic carbocycles. The summed E-state index contributed by atoms with van der Waals surface area (Å²) in [6.45, 7) is 2.10. The van der Waals surface area contributed by atoms with Gasteiger partial charge in [0.25, 0.3) is 0 Å². The molecule has 2 unspecified atom stereocenters. The van der Waals surface area contributed by atoms with Crippen molar-refractivity contribution in [3.63, 3.8) is 0 Å². The van der Waals surface area contributed by atoms with Gasteiger partial charge in [-0.05, 0) is 50.2 Å². The predicted octanol–water partition coefficient (Wildman–Crippen LogP) is 0.991. The zero-order chi connectivity index (χ0) is 12.5. The van der Waals surface area contributed by atoms with Crippen molar-refractivity contribution < 1.29 is 4.42 Å². The maximum Gasteiger partial charge on any atom is 0.417 e. The van der Waals surface area contributed by atoms with Crippen molar-refractivity contribution in [2.75, 3.05) is 20.1 Å². The molecule has 1 fully saturated rings. The Bertz CT molecular complexity index is 596. The summed E-state index contributed by atoms with van der Waals surface area (Å²) in [7, 11) is 1.97. The van der Waals surface area contributed by atoms with Crippen molar-refractivity contribution in [2.45, 2.75) is 12.5 Å². The van der Waals surface area contributed by atoms with Gasteiger partial charge in [-0.25, -0.2) is 4.79 Å². The number of rotatable bonds is 3. The molecule has 1 aliphatic heterocycles. The lowest BCUT2D eigenvalue weighted by atomic mass is 9.92. The number of aromatic nitrogens is 1. The molecular weight excluding hydrogens is 230 g/mol. The summed E-state index contributed by atoms with van der Waals surface area (Å²) in [5.41, 5.74) is 2.55. The fraction of sp³-hybridized carbons (Fsp3) is 0.462. The summed E-state index contributed by atoms with van der Waals surface area (Å²) in [5, 5.41) is 6.74. The second-order valence-corrected chi connectivity index (χ2v) is 4.79. The molecule has 2 heterocycles. The van der Waals surface area contributed by atoms with Crippen molar-refractivity contribution in [3.8, 4) is 0 Å². The van der Waals surface area contributed by atoms with Crippen LogP contribution in [0.15, 0.2) is 27.4 Å². The average molecular weight is 247 g/mol. The molecule has 3 rings (SSSR count). The third-order valence-corrected chi connectivity index (χ3v) is 3.69. The molecule has 0 saturated carbocycles. The molecular formula is C13H17N3O2. The number of aromatic amines is 1. The molecule has 2 aromatic rings. The largest absolute Gasteiger partial charge is 0.417 e. The molecule has 1 saturated heterocycles. The minimum absolute atomic E-state index is 0.296. The first-order valence-corrected chi connectivity index (χ1v) is 6.28. The van der Waals surface area contributed by atoms with E-state index >= 15 is 0 Å². The second kappa shape index (κ2) is 4.59. The van der Waals surface area contributed by atoms with Gasteiger partial charge in [0, 0.05) is 6.04 Å². The number of benzene rings is 1. The number of nitrogens with one attached hydrogen (secondary N) is 3. The van der Waals surface area contributed by atoms with Crippen LogP contribution >= 0.6 is 0 Å². The van der Waals surface area contributed by atoms with Crippen LogP contribution in [0.4, 0.5) is 0 Å². The third kappa shape index (κ3) is 1.95. The van der Waals surface area contributed by atoms with Crippen LogP contribution < -0.4 is 16.4 Å². The standard InChI is InChI=1S/C13H17N3O2/c1-14-12(9-4-5-15-7-9)8-2-3-10-11(6-8)18-13(17)16-10/h2-3,6,9,12,14-15H,4-5,7H2,1H3,(H,16,17). The van der Waals surface area contributed by atoms with Crippen LogP contribution in [-0.4, -0.2) is 25.1 Å². The molecule has 5 heteroatoms. The first-order valence-electron chi connectivity index (χ1n) is 6.28. The number of fused-ring (bicyclic) bond motifs is 1. The Labute approximate surface area is 105 Å². The van der Waals surface area contributed by atoms with Crippen molar-refractivity contribution in [1.82, 2.24) is 15.6 Å². The highest BCUT2D eigenvalue weighted by atomic mass is 16.4. The molecule has 2 atom stereocenters. The van der Waals surface area contributed by atoms with E-state index < -0.39 is 5.76 Å². The second-order valence-electron chi connectivity index (χ2n) is 4.79. The van der Waals surface area contributed by atoms with E-state index in [-0.39, 0.29) is 0 Å². The van der Waals surface area contributed by atoms with Crippen molar-refractivity contribution in [3.05, 3.63) is 34.3 Å². The van der Waals surface area contributed by atoms with Crippen LogP contribution in [-0.2, 0) is 0 Å². The lowest BCUT2D eigenvalue weighted by Gasteiger charge is -2.22. The van der Waals surface area contributed by atoms with E-state index in [0.29, 0.717) is 17.5 Å². The van der Waals surface area contributed by atoms with Crippen LogP contribution in [0.1, 0.15) is 18.0 Å². The molecule has 0 amide bonds. The van der Waals surface area contributed by atoms with Crippen LogP contribution in [0, 0.1) is 5.92 Å². The average Bonchev–Trinajstić information content (AvgIpc) is 2.97. The Morgan fingerprint density at radius 2 is 2.39 bits per heavy atom. The Kier molecular flexibility index (Phi) is 2.93. The Balaban J connectivity index is 1.98. The predicted molar refractivity (Wildman–Crippen MR) is 69.6 cm³/mol. The van der Waals surface area contributed by atoms with Gasteiger partial charge in [-0.1, -0.05) is 6.07 Å². The van der Waals surface area contributed by atoms with Gasteiger partial charge in [0.05, 0.1) is 5.52 Å². The van der Waals surface area contributed by atoms with E-state index in [1.54, 1.807) is 0 Å². The molecule has 0 bridgehead atoms. The zero-order valence-electron chi connectivity index (χ0n) is 10.3. The Hall–Kier alpha value is -1.59. The van der Waals surface area contributed by atoms with E-state index in [2.05, 4.69) is 15.6 Å². The van der Waals surface area contributed by atoms with Crippen molar-refractivity contribution in [1.29, 1.82) is 0 Å². The van der Waals surface area contributed by atoms with Gasteiger partial charge in [-0.3, -0.25) is 4.98 Å². The van der Waals surface area contributed by atoms with Crippen molar-refractivity contribution >= 4 is 11.1 Å². The monoisotopic (exact) mass is 247 g/mol. The highest BCUT2D eigenvalue weighted by Crippen LogP contribution is 2.28. The maximum atomic E-state index is 11.1. The Morgan fingerprint density at radius 1 is 1.50 bits per heavy atom. The minimum atomic E-state index is -0.398. The van der Waals surface area contributed by atoms with Gasteiger partial charge in [-0.15, -0.1) is 0 Å². The molecule has 1 aromatic heterocycles. The number of H-pyrrole nitrogens is 1. The van der Waals surface area contributed by atoms with E-state index in [1.807, 2.05) is 25.2 Å². The van der Waals surface area contributed by atoms with Gasteiger partial charge < -0.3 is 15.1 Å². The van der Waals surface area contributed by atoms with E-state index in [4.69, 9.17) is 4.42 Å². The van der Waals surface area contributed by atoms with E-state index in [0.717, 1.165) is 18.6 Å². The summed E-state index contributed by atoms with van der Waals surface area (Å²) in [5.74, 6) is 0.184. The smallest absolute Gasteiger partial charge is 0.408 e. The summed E-state index contributed by atoms with van der Waals surface area (Å²) in [4.78, 5) is 13.8. The third-order valence-electron chi connectivity index (χ3n) is 3.69. The van der Waals surface area contributed by atoms with Gasteiger partial charge in [0.1, 0.15) is 0 Å². The number of hydrogen-bond acceptors (Lipinski definition) is 4. The molecule has 0 radical (unpaired) electrons. The topological polar surface area (TPSA) is 70.1 Å². The molecule has 18 heavy (non-hydrogen) atoms. The van der Waals surface area contributed by atoms with Crippen LogP contribution in [0.2, 0.25) is 0 Å². The summed E-state index contributed by atoms with van der Waals surface area (Å²) >= 11 is 0. The Morgan fingerprint density at radius 3 is 3.11 bits per heavy atom. The van der Waals surface area contributed by atoms with Gasteiger partial charge in [-0.2, -0.15) is 0 Å². The minimum Gasteiger partial charge on any atom is -0.408 e. The van der Waals surface area contributed by atoms with Gasteiger partial charge >= 0.3 is 5.76 Å². The van der Waals surface area contributed by atoms with Gasteiger partial charge in [0.2, 0.25) is 0 Å². The molecule has 0 spiro atoms. The normalized spacial score (nSPS) is 21.5. The lowest BCUT2D eigenvalue weighted by Crippen LogP contribution is -2.26. The molecule has 1 aliphatic rings. The van der Waals surface area contributed by atoms with Crippen LogP contribution in [0.3, 0.4) is 0 Å². The fourth-order valence-corrected chi connectivity index (χ4v) is 2.79. The van der Waals surface area contributed by atoms with E-state index in [9.17, 15) is 4.79 Å². The summed E-state index contributed by atoms with van der Waals surface area (Å²) < 4.78 is 5.11. The first kappa shape index (κ1) is 11.5. The molecule has 5 nitrogen and oxygen atoms in total. The fourth-order valence-electron chi connectivity index (χ4n) is 2.79. The highest BCUT2D eigenvalue weighted by molar-refractivity contribution is 5.72. The molecule has 96 valence electrons. The summed E-state index contributed by atoms with van der Waals surface area (Å²) in [6, 6.07) is 6.20. The highest BCUT2D eigenvalue weighted by Gasteiger charge is 2.25. The zero-order valence-corrected chi connectivity index (χ0v) is 10.3. The van der Waals surface area contributed by atoms with Crippen molar-refractivity contribution in [2.24, 2.45) is 5.92 Å². The number of hydrogen-bond donors (Lipinski definition) is 3. The quantitative estimate of drug-likeness (QED) is 0.756. The van der Waals surface area contributed by atoms with E-state index in [1.165, 1.54) is 12.0 Å². The van der Waals surface area contributed by atoms with Crippen LogP contribution in [0.5, 0.6) is 0 Å². The lowest BCUT2D eigenvalue weighted by molar-refractivity contribution is 0.410. The SMILES string of the molecule is CNC(c1ccc2[nH]c(=O)oc2c1)C1CCNC1. The molecule has 1 aromatic carbocycles. The first-order chi connectivity index (χ1) is 8.78. The van der Waals surface area contributed by atoms with Crippen LogP contribution in [0.25, 0.3) is 11.1 Å². The van der Waals surface area contributed by atoms with Gasteiger partial charge in [0.15, 0.2) is 5.58 Å². The summed E-state index contributed by atoms with van der Waals surface area (Å²) in [6.07, 6.45) is 1.17.